The van der Waals surface area contributed by atoms with E-state index >= 15 is 4.79 Å². The molecule has 59 heavy (non-hydrogen) atoms. The summed E-state index contributed by atoms with van der Waals surface area (Å²) in [6.07, 6.45) is 5.68. The number of rotatable bonds is 12. The van der Waals surface area contributed by atoms with Gasteiger partial charge in [0.15, 0.2) is 11.4 Å². The van der Waals surface area contributed by atoms with Gasteiger partial charge in [0.1, 0.15) is 6.10 Å². The van der Waals surface area contributed by atoms with E-state index in [9.17, 15) is 31.6 Å². The topological polar surface area (TPSA) is 171 Å². The molecule has 0 bridgehead atoms. The van der Waals surface area contributed by atoms with Crippen molar-refractivity contribution < 1.29 is 50.6 Å². The number of hydrogen-bond donors (Lipinski definition) is 1. The van der Waals surface area contributed by atoms with E-state index in [1.54, 1.807) is 19.1 Å². The third-order valence-corrected chi connectivity index (χ3v) is 15.3. The van der Waals surface area contributed by atoms with E-state index in [2.05, 4.69) is 14.9 Å². The van der Waals surface area contributed by atoms with E-state index in [1.165, 1.54) is 4.90 Å². The van der Waals surface area contributed by atoms with Crippen molar-refractivity contribution in [3.8, 4) is 11.8 Å². The van der Waals surface area contributed by atoms with Gasteiger partial charge < -0.3 is 19.1 Å². The van der Waals surface area contributed by atoms with Gasteiger partial charge in [-0.15, -0.1) is 10.2 Å². The smallest absolute Gasteiger partial charge is 0.307 e. The third kappa shape index (κ3) is 9.26. The Hall–Kier alpha value is -4.21. The maximum atomic E-state index is 15.1. The Morgan fingerprint density at radius 1 is 1.03 bits per heavy atom. The van der Waals surface area contributed by atoms with Crippen LogP contribution < -0.4 is 14.2 Å². The Morgan fingerprint density at radius 2 is 1.69 bits per heavy atom. The number of fused-ring (bicyclic) bond motifs is 3. The highest BCUT2D eigenvalue weighted by molar-refractivity contribution is 7.91. The number of allylic oxidation sites excluding steroid dienone is 2. The van der Waals surface area contributed by atoms with Gasteiger partial charge in [-0.25, -0.2) is 17.2 Å². The van der Waals surface area contributed by atoms with Gasteiger partial charge in [0.2, 0.25) is 33.6 Å². The van der Waals surface area contributed by atoms with Crippen molar-refractivity contribution in [2.75, 3.05) is 13.2 Å². The van der Waals surface area contributed by atoms with Gasteiger partial charge >= 0.3 is 5.97 Å². The summed E-state index contributed by atoms with van der Waals surface area (Å²) in [6, 6.07) is 6.10. The summed E-state index contributed by atoms with van der Waals surface area (Å²) in [5, 5.41) is 9.76. The number of Topliss-reactive ketones (excluding diaryl/α,β-unsaturated/α-hetero) is 1. The van der Waals surface area contributed by atoms with Gasteiger partial charge in [-0.05, 0) is 96.1 Å². The highest BCUT2D eigenvalue weighted by Gasteiger charge is 2.63. The summed E-state index contributed by atoms with van der Waals surface area (Å²) < 4.78 is 74.3. The number of amides is 2. The van der Waals surface area contributed by atoms with Crippen LogP contribution in [0, 0.1) is 29.1 Å². The first-order valence-electron chi connectivity index (χ1n) is 20.9. The molecule has 2 saturated carbocycles. The molecule has 1 aromatic heterocycles. The molecule has 2 aliphatic carbocycles. The van der Waals surface area contributed by atoms with E-state index in [1.807, 2.05) is 45.1 Å². The SMILES string of the molecule is CCOc1nnc(O[C@@H]2C[C@H]3C(=O)C[C@]4(C(=O)NS(=O)(=O)C5(C)CC5)C[C@H]4/C=C\CC[C@H](C)C[C@@H](CC)[C@H](CC(=O)OC(C)(C)C(C)(F)F)C(=O)N3C2)c2ccccc12. The Kier molecular flexibility index (Phi) is 12.5. The Balaban J connectivity index is 1.37. The lowest BCUT2D eigenvalue weighted by Crippen LogP contribution is -2.49. The van der Waals surface area contributed by atoms with Gasteiger partial charge in [0, 0.05) is 19.8 Å². The number of benzene rings is 1. The quantitative estimate of drug-likeness (QED) is 0.178. The molecule has 2 aromatic rings. The largest absolute Gasteiger partial charge is 0.476 e. The van der Waals surface area contributed by atoms with Crippen LogP contribution >= 0.6 is 0 Å². The molecule has 6 rings (SSSR count). The lowest BCUT2D eigenvalue weighted by atomic mass is 9.79. The summed E-state index contributed by atoms with van der Waals surface area (Å²) in [4.78, 5) is 58.8. The van der Waals surface area contributed by atoms with E-state index in [4.69, 9.17) is 14.2 Å². The number of esters is 1. The van der Waals surface area contributed by atoms with Crippen LogP contribution in [0.25, 0.3) is 10.8 Å². The van der Waals surface area contributed by atoms with Crippen LogP contribution in [-0.2, 0) is 33.9 Å². The molecule has 0 spiro atoms. The molecular formula is C43H58F2N4O9S. The molecule has 7 atom stereocenters. The fraction of sp³-hybridized carbons (Fsp3) is 0.674. The van der Waals surface area contributed by atoms with Crippen LogP contribution in [0.3, 0.4) is 0 Å². The minimum Gasteiger partial charge on any atom is -0.476 e. The van der Waals surface area contributed by atoms with Crippen LogP contribution in [0.1, 0.15) is 113 Å². The van der Waals surface area contributed by atoms with Gasteiger partial charge in [-0.1, -0.05) is 44.6 Å². The summed E-state index contributed by atoms with van der Waals surface area (Å²) in [7, 11) is -4.01. The molecule has 3 heterocycles. The van der Waals surface area contributed by atoms with Gasteiger partial charge in [0.25, 0.3) is 5.92 Å². The summed E-state index contributed by atoms with van der Waals surface area (Å²) in [6.45, 7) is 10.5. The highest BCUT2D eigenvalue weighted by atomic mass is 32.2. The molecule has 16 heteroatoms. The molecule has 0 radical (unpaired) electrons. The average Bonchev–Trinajstić information content (AvgIpc) is 4.04. The van der Waals surface area contributed by atoms with Crippen molar-refractivity contribution in [3.05, 3.63) is 36.4 Å². The van der Waals surface area contributed by atoms with Crippen LogP contribution in [0.15, 0.2) is 36.4 Å². The maximum Gasteiger partial charge on any atom is 0.307 e. The number of sulfonamides is 1. The molecule has 1 aromatic carbocycles. The standard InChI is InChI=1S/C43H58F2N4O9S/c1-8-27-20-26(3)14-10-11-15-28-23-43(28,39(53)48-59(54,55)41(6)18-19-41)24-34(50)33-21-29(57-37-31-17-13-12-16-30(31)36(46-47-37)56-9-2)25-49(33)38(52)32(27)22-35(51)58-40(4,5)42(7,44)45/h11-13,15-17,26-29,32-33H,8-10,14,18-25H2,1-7H3,(H,48,53)/b15-11-/t26-,27+,28+,29+,32-,33-,43+/m0/s1. The molecule has 3 fully saturated rings. The molecule has 0 unspecified atom stereocenters. The zero-order valence-electron chi connectivity index (χ0n) is 35.1. The van der Waals surface area contributed by atoms with Crippen LogP contribution in [0.4, 0.5) is 8.78 Å². The number of carbonyl (C=O) groups excluding carboxylic acids is 4. The first kappa shape index (κ1) is 44.3. The van der Waals surface area contributed by atoms with Crippen molar-refractivity contribution in [1.29, 1.82) is 0 Å². The Bertz CT molecular complexity index is 2090. The van der Waals surface area contributed by atoms with E-state index in [0.29, 0.717) is 68.7 Å². The van der Waals surface area contributed by atoms with Crippen molar-refractivity contribution in [1.82, 2.24) is 19.8 Å². The zero-order chi connectivity index (χ0) is 43.1. The minimum atomic E-state index is -4.01. The molecular weight excluding hydrogens is 787 g/mol. The fourth-order valence-corrected chi connectivity index (χ4v) is 9.81. The Labute approximate surface area is 345 Å². The van der Waals surface area contributed by atoms with Crippen LogP contribution in [-0.4, -0.2) is 88.7 Å². The fourth-order valence-electron chi connectivity index (χ4n) is 8.48. The third-order valence-electron chi connectivity index (χ3n) is 13.1. The number of alkyl halides is 2. The molecule has 324 valence electrons. The highest BCUT2D eigenvalue weighted by Crippen LogP contribution is 2.58. The zero-order valence-corrected chi connectivity index (χ0v) is 35.9. The number of hydrogen-bond acceptors (Lipinski definition) is 11. The second kappa shape index (κ2) is 16.7. The van der Waals surface area contributed by atoms with Crippen molar-refractivity contribution in [3.63, 3.8) is 0 Å². The number of ether oxygens (including phenoxy) is 3. The molecule has 2 amide bonds. The van der Waals surface area contributed by atoms with E-state index in [0.717, 1.165) is 13.8 Å². The van der Waals surface area contributed by atoms with Crippen LogP contribution in [0.2, 0.25) is 0 Å². The van der Waals surface area contributed by atoms with E-state index < -0.39 is 85.7 Å². The van der Waals surface area contributed by atoms with Crippen molar-refractivity contribution in [2.24, 2.45) is 29.1 Å². The van der Waals surface area contributed by atoms with Gasteiger partial charge in [-0.2, -0.15) is 0 Å². The van der Waals surface area contributed by atoms with E-state index in [-0.39, 0.29) is 43.5 Å². The number of halogens is 2. The molecule has 1 saturated heterocycles. The molecule has 13 nitrogen and oxygen atoms in total. The second-order valence-corrected chi connectivity index (χ2v) is 20.2. The van der Waals surface area contributed by atoms with Crippen molar-refractivity contribution in [2.45, 2.75) is 141 Å². The second-order valence-electron chi connectivity index (χ2n) is 18.0. The number of ketones is 1. The molecule has 4 aliphatic rings. The lowest BCUT2D eigenvalue weighted by molar-refractivity contribution is -0.197. The number of carbonyl (C=O) groups is 4. The number of aromatic nitrogens is 2. The Morgan fingerprint density at radius 3 is 2.32 bits per heavy atom. The van der Waals surface area contributed by atoms with Gasteiger partial charge in [0.05, 0.1) is 52.5 Å². The minimum absolute atomic E-state index is 0.00180. The molecule has 1 N–H and O–H groups in total. The maximum absolute atomic E-state index is 15.1. The normalized spacial score (nSPS) is 29.3. The van der Waals surface area contributed by atoms with Crippen LogP contribution in [0.5, 0.6) is 11.8 Å². The van der Waals surface area contributed by atoms with Crippen molar-refractivity contribution >= 4 is 44.4 Å². The molecule has 2 aliphatic heterocycles. The predicted octanol–water partition coefficient (Wildman–Crippen LogP) is 6.73. The summed E-state index contributed by atoms with van der Waals surface area (Å²) in [5.74, 6) is -7.33. The number of nitrogens with one attached hydrogen (secondary N) is 1. The first-order valence-corrected chi connectivity index (χ1v) is 22.3. The monoisotopic (exact) mass is 844 g/mol. The predicted molar refractivity (Wildman–Crippen MR) is 215 cm³/mol. The summed E-state index contributed by atoms with van der Waals surface area (Å²) >= 11 is 0. The average molecular weight is 845 g/mol. The van der Waals surface area contributed by atoms with Gasteiger partial charge in [-0.3, -0.25) is 23.9 Å². The first-order chi connectivity index (χ1) is 27.6. The number of nitrogens with zero attached hydrogens (tertiary/aromatic N) is 3. The lowest BCUT2D eigenvalue weighted by Gasteiger charge is -2.35. The summed E-state index contributed by atoms with van der Waals surface area (Å²) in [5.41, 5.74) is -3.50.